The SMILES string of the molecule is CC(=O)Oc1c(C)n(C(C)=O)c2ccccc12. The van der Waals surface area contributed by atoms with Crippen molar-refractivity contribution in [3.63, 3.8) is 0 Å². The Morgan fingerprint density at radius 1 is 1.18 bits per heavy atom. The fourth-order valence-corrected chi connectivity index (χ4v) is 2.02. The monoisotopic (exact) mass is 231 g/mol. The van der Waals surface area contributed by atoms with Crippen molar-refractivity contribution in [1.82, 2.24) is 4.57 Å². The Morgan fingerprint density at radius 2 is 1.82 bits per heavy atom. The molecule has 0 saturated carbocycles. The van der Waals surface area contributed by atoms with E-state index < -0.39 is 0 Å². The highest BCUT2D eigenvalue weighted by atomic mass is 16.5. The second-order valence-electron chi connectivity index (χ2n) is 3.88. The van der Waals surface area contributed by atoms with Gasteiger partial charge in [-0.2, -0.15) is 0 Å². The summed E-state index contributed by atoms with van der Waals surface area (Å²) >= 11 is 0. The summed E-state index contributed by atoms with van der Waals surface area (Å²) in [6, 6.07) is 7.36. The first-order chi connectivity index (χ1) is 8.02. The van der Waals surface area contributed by atoms with Crippen molar-refractivity contribution in [1.29, 1.82) is 0 Å². The Morgan fingerprint density at radius 3 is 2.41 bits per heavy atom. The zero-order valence-electron chi connectivity index (χ0n) is 9.98. The quantitative estimate of drug-likeness (QED) is 0.708. The number of benzene rings is 1. The molecule has 4 heteroatoms. The molecule has 0 fully saturated rings. The van der Waals surface area contributed by atoms with Gasteiger partial charge in [-0.25, -0.2) is 0 Å². The normalized spacial score (nSPS) is 10.5. The lowest BCUT2D eigenvalue weighted by Gasteiger charge is -2.02. The molecule has 2 rings (SSSR count). The number of ether oxygens (including phenoxy) is 1. The van der Waals surface area contributed by atoms with Crippen LogP contribution in [-0.2, 0) is 4.79 Å². The van der Waals surface area contributed by atoms with Gasteiger partial charge in [-0.1, -0.05) is 12.1 Å². The summed E-state index contributed by atoms with van der Waals surface area (Å²) in [7, 11) is 0. The van der Waals surface area contributed by atoms with Gasteiger partial charge >= 0.3 is 5.97 Å². The lowest BCUT2D eigenvalue weighted by Crippen LogP contribution is -2.08. The summed E-state index contributed by atoms with van der Waals surface area (Å²) in [5.41, 5.74) is 1.41. The van der Waals surface area contributed by atoms with Gasteiger partial charge in [-0.05, 0) is 19.1 Å². The van der Waals surface area contributed by atoms with Crippen LogP contribution in [0.15, 0.2) is 24.3 Å². The van der Waals surface area contributed by atoms with Crippen LogP contribution in [0.3, 0.4) is 0 Å². The zero-order chi connectivity index (χ0) is 12.6. The number of carbonyl (C=O) groups excluding carboxylic acids is 2. The summed E-state index contributed by atoms with van der Waals surface area (Å²) in [6.45, 7) is 4.59. The molecule has 0 atom stereocenters. The van der Waals surface area contributed by atoms with Gasteiger partial charge in [0.25, 0.3) is 0 Å². The molecule has 0 aliphatic carbocycles. The van der Waals surface area contributed by atoms with Gasteiger partial charge < -0.3 is 4.74 Å². The van der Waals surface area contributed by atoms with E-state index in [0.29, 0.717) is 11.4 Å². The minimum Gasteiger partial charge on any atom is -0.424 e. The second-order valence-corrected chi connectivity index (χ2v) is 3.88. The average molecular weight is 231 g/mol. The topological polar surface area (TPSA) is 48.3 Å². The summed E-state index contributed by atoms with van der Waals surface area (Å²) in [4.78, 5) is 22.7. The van der Waals surface area contributed by atoms with Crippen molar-refractivity contribution in [2.45, 2.75) is 20.8 Å². The molecule has 0 radical (unpaired) electrons. The van der Waals surface area contributed by atoms with E-state index in [2.05, 4.69) is 0 Å². The maximum Gasteiger partial charge on any atom is 0.308 e. The molecule has 1 aromatic heterocycles. The van der Waals surface area contributed by atoms with Crippen LogP contribution in [0, 0.1) is 6.92 Å². The highest BCUT2D eigenvalue weighted by molar-refractivity contribution is 5.98. The molecule has 2 aromatic rings. The number of hydrogen-bond donors (Lipinski definition) is 0. The summed E-state index contributed by atoms with van der Waals surface area (Å²) in [5, 5.41) is 0.774. The summed E-state index contributed by atoms with van der Waals surface area (Å²) in [6.07, 6.45) is 0. The number of para-hydroxylation sites is 1. The summed E-state index contributed by atoms with van der Waals surface area (Å²) < 4.78 is 6.73. The Bertz CT molecular complexity index is 610. The lowest BCUT2D eigenvalue weighted by molar-refractivity contribution is -0.131. The molecule has 0 bridgehead atoms. The number of hydrogen-bond acceptors (Lipinski definition) is 3. The van der Waals surface area contributed by atoms with Gasteiger partial charge in [-0.3, -0.25) is 14.2 Å². The van der Waals surface area contributed by atoms with Crippen LogP contribution < -0.4 is 4.74 Å². The van der Waals surface area contributed by atoms with E-state index in [9.17, 15) is 9.59 Å². The van der Waals surface area contributed by atoms with Crippen LogP contribution >= 0.6 is 0 Å². The van der Waals surface area contributed by atoms with Gasteiger partial charge in [0.05, 0.1) is 11.2 Å². The second kappa shape index (κ2) is 4.05. The molecule has 0 saturated heterocycles. The molecule has 88 valence electrons. The van der Waals surface area contributed by atoms with E-state index in [1.165, 1.54) is 13.8 Å². The standard InChI is InChI=1S/C13H13NO3/c1-8-13(17-10(3)16)11-6-4-5-7-12(11)14(8)9(2)15/h4-7H,1-3H3. The van der Waals surface area contributed by atoms with Crippen molar-refractivity contribution < 1.29 is 14.3 Å². The van der Waals surface area contributed by atoms with Crippen molar-refractivity contribution in [3.8, 4) is 5.75 Å². The molecule has 0 unspecified atom stereocenters. The van der Waals surface area contributed by atoms with E-state index in [0.717, 1.165) is 10.9 Å². The van der Waals surface area contributed by atoms with Gasteiger partial charge in [-0.15, -0.1) is 0 Å². The third kappa shape index (κ3) is 1.82. The Labute approximate surface area is 98.8 Å². The maximum atomic E-state index is 11.6. The van der Waals surface area contributed by atoms with Gasteiger partial charge in [0.2, 0.25) is 5.91 Å². The Hall–Kier alpha value is -2.10. The fourth-order valence-electron chi connectivity index (χ4n) is 2.02. The number of rotatable bonds is 1. The van der Waals surface area contributed by atoms with Crippen molar-refractivity contribution in [3.05, 3.63) is 30.0 Å². The van der Waals surface area contributed by atoms with Crippen LogP contribution in [0.2, 0.25) is 0 Å². The van der Waals surface area contributed by atoms with Crippen LogP contribution in [0.4, 0.5) is 0 Å². The number of fused-ring (bicyclic) bond motifs is 1. The van der Waals surface area contributed by atoms with Crippen LogP contribution in [-0.4, -0.2) is 16.4 Å². The number of esters is 1. The molecule has 0 aliphatic heterocycles. The molecule has 0 aliphatic rings. The minimum absolute atomic E-state index is 0.0999. The number of nitrogens with zero attached hydrogens (tertiary/aromatic N) is 1. The average Bonchev–Trinajstić information content (AvgIpc) is 2.52. The molecular weight excluding hydrogens is 218 g/mol. The van der Waals surface area contributed by atoms with E-state index >= 15 is 0 Å². The van der Waals surface area contributed by atoms with Crippen molar-refractivity contribution in [2.75, 3.05) is 0 Å². The van der Waals surface area contributed by atoms with E-state index in [1.54, 1.807) is 11.5 Å². The third-order valence-corrected chi connectivity index (χ3v) is 2.61. The number of aromatic nitrogens is 1. The predicted octanol–water partition coefficient (Wildman–Crippen LogP) is 2.54. The van der Waals surface area contributed by atoms with Crippen LogP contribution in [0.5, 0.6) is 5.75 Å². The van der Waals surface area contributed by atoms with Crippen molar-refractivity contribution >= 4 is 22.8 Å². The lowest BCUT2D eigenvalue weighted by atomic mass is 10.2. The number of carbonyl (C=O) groups is 2. The van der Waals surface area contributed by atoms with Gasteiger partial charge in [0.15, 0.2) is 5.75 Å². The Kier molecular flexibility index (Phi) is 2.71. The molecule has 0 amide bonds. The predicted molar refractivity (Wildman–Crippen MR) is 64.3 cm³/mol. The molecule has 0 N–H and O–H groups in total. The third-order valence-electron chi connectivity index (χ3n) is 2.61. The summed E-state index contributed by atoms with van der Waals surface area (Å²) in [5.74, 6) is -0.0278. The van der Waals surface area contributed by atoms with Gasteiger partial charge in [0, 0.05) is 19.2 Å². The van der Waals surface area contributed by atoms with Crippen LogP contribution in [0.25, 0.3) is 10.9 Å². The van der Waals surface area contributed by atoms with Gasteiger partial charge in [0.1, 0.15) is 0 Å². The Balaban J connectivity index is 2.79. The minimum atomic E-state index is -0.389. The molecule has 17 heavy (non-hydrogen) atoms. The molecule has 1 aromatic carbocycles. The smallest absolute Gasteiger partial charge is 0.308 e. The van der Waals surface area contributed by atoms with E-state index in [1.807, 2.05) is 24.3 Å². The first kappa shape index (κ1) is 11.4. The van der Waals surface area contributed by atoms with E-state index in [4.69, 9.17) is 4.74 Å². The first-order valence-electron chi connectivity index (χ1n) is 5.31. The van der Waals surface area contributed by atoms with Crippen molar-refractivity contribution in [2.24, 2.45) is 0 Å². The first-order valence-corrected chi connectivity index (χ1v) is 5.31. The molecule has 1 heterocycles. The molecule has 0 spiro atoms. The fraction of sp³-hybridized carbons (Fsp3) is 0.231. The van der Waals surface area contributed by atoms with Crippen LogP contribution in [0.1, 0.15) is 24.3 Å². The highest BCUT2D eigenvalue weighted by Crippen LogP contribution is 2.32. The molecule has 4 nitrogen and oxygen atoms in total. The maximum absolute atomic E-state index is 11.6. The zero-order valence-corrected chi connectivity index (χ0v) is 9.98. The molecular formula is C13H13NO3. The largest absolute Gasteiger partial charge is 0.424 e. The van der Waals surface area contributed by atoms with E-state index in [-0.39, 0.29) is 11.9 Å². The highest BCUT2D eigenvalue weighted by Gasteiger charge is 2.18.